The van der Waals surface area contributed by atoms with E-state index in [1.165, 1.54) is 24.3 Å². The highest BCUT2D eigenvalue weighted by Crippen LogP contribution is 2.31. The van der Waals surface area contributed by atoms with Gasteiger partial charge in [-0.3, -0.25) is 14.9 Å². The Bertz CT molecular complexity index is 1280. The van der Waals surface area contributed by atoms with E-state index >= 15 is 0 Å². The molecule has 4 rings (SSSR count). The SMILES string of the molecule is COc1ccc(OC)c2c1n(CC(=O)c1ccc([N+](=O)[O-])cc1)c[n+]2Cc1ccccc1. The lowest BCUT2D eigenvalue weighted by Crippen LogP contribution is -2.33. The van der Waals surface area contributed by atoms with Gasteiger partial charge < -0.3 is 9.47 Å². The van der Waals surface area contributed by atoms with Crippen molar-refractivity contribution in [1.82, 2.24) is 4.57 Å². The minimum absolute atomic E-state index is 0.0413. The van der Waals surface area contributed by atoms with Crippen LogP contribution < -0.4 is 14.0 Å². The average Bonchev–Trinajstić information content (AvgIpc) is 3.17. The first-order valence-electron chi connectivity index (χ1n) is 9.96. The van der Waals surface area contributed by atoms with Crippen molar-refractivity contribution < 1.29 is 23.8 Å². The molecule has 0 spiro atoms. The second kappa shape index (κ2) is 8.89. The van der Waals surface area contributed by atoms with Crippen LogP contribution in [0, 0.1) is 10.1 Å². The molecule has 0 bridgehead atoms. The quantitative estimate of drug-likeness (QED) is 0.183. The highest BCUT2D eigenvalue weighted by Gasteiger charge is 2.26. The third-order valence-corrected chi connectivity index (χ3v) is 5.28. The summed E-state index contributed by atoms with van der Waals surface area (Å²) in [6.45, 7) is 0.624. The number of benzene rings is 3. The van der Waals surface area contributed by atoms with Crippen molar-refractivity contribution in [3.63, 3.8) is 0 Å². The lowest BCUT2D eigenvalue weighted by atomic mass is 10.1. The summed E-state index contributed by atoms with van der Waals surface area (Å²) in [4.78, 5) is 23.4. The first kappa shape index (κ1) is 21.0. The molecular formula is C24H22N3O5+. The number of fused-ring (bicyclic) bond motifs is 1. The molecule has 8 heteroatoms. The summed E-state index contributed by atoms with van der Waals surface area (Å²) >= 11 is 0. The molecule has 0 unspecified atom stereocenters. The number of ether oxygens (including phenoxy) is 2. The second-order valence-corrected chi connectivity index (χ2v) is 7.25. The van der Waals surface area contributed by atoms with Crippen LogP contribution in [0.2, 0.25) is 0 Å². The standard InChI is InChI=1S/C24H22N3O5/c1-31-21-12-13-22(32-2)24-23(21)25(14-17-6-4-3-5-7-17)16-26(24)15-20(28)18-8-10-19(11-9-18)27(29)30/h3-13,16H,14-15H2,1-2H3/q+1. The van der Waals surface area contributed by atoms with Crippen molar-refractivity contribution in [3.8, 4) is 11.5 Å². The highest BCUT2D eigenvalue weighted by molar-refractivity contribution is 5.97. The molecule has 8 nitrogen and oxygen atoms in total. The van der Waals surface area contributed by atoms with Gasteiger partial charge in [-0.2, -0.15) is 0 Å². The first-order valence-corrected chi connectivity index (χ1v) is 9.96. The Balaban J connectivity index is 1.78. The van der Waals surface area contributed by atoms with Gasteiger partial charge in [-0.05, 0) is 29.8 Å². The second-order valence-electron chi connectivity index (χ2n) is 7.25. The van der Waals surface area contributed by atoms with E-state index in [1.54, 1.807) is 20.3 Å². The number of Topliss-reactive ketones (excluding diaryl/α,β-unsaturated/α-hetero) is 1. The van der Waals surface area contributed by atoms with Crippen LogP contribution in [0.5, 0.6) is 11.5 Å². The molecule has 3 aromatic carbocycles. The largest absolute Gasteiger partial charge is 0.492 e. The maximum Gasteiger partial charge on any atom is 0.269 e. The zero-order chi connectivity index (χ0) is 22.7. The van der Waals surface area contributed by atoms with Gasteiger partial charge in [0.05, 0.1) is 19.1 Å². The van der Waals surface area contributed by atoms with E-state index in [1.807, 2.05) is 51.9 Å². The van der Waals surface area contributed by atoms with E-state index in [2.05, 4.69) is 0 Å². The molecule has 0 N–H and O–H groups in total. The fourth-order valence-electron chi connectivity index (χ4n) is 3.75. The van der Waals surface area contributed by atoms with E-state index in [0.717, 1.165) is 16.6 Å². The average molecular weight is 432 g/mol. The number of aromatic nitrogens is 2. The van der Waals surface area contributed by atoms with Crippen LogP contribution >= 0.6 is 0 Å². The summed E-state index contributed by atoms with van der Waals surface area (Å²) < 4.78 is 15.0. The molecule has 0 fully saturated rings. The van der Waals surface area contributed by atoms with Gasteiger partial charge >= 0.3 is 0 Å². The van der Waals surface area contributed by atoms with Crippen LogP contribution in [0.15, 0.2) is 73.1 Å². The maximum absolute atomic E-state index is 13.0. The van der Waals surface area contributed by atoms with Crippen LogP contribution in [0.1, 0.15) is 15.9 Å². The van der Waals surface area contributed by atoms with E-state index in [-0.39, 0.29) is 18.0 Å². The summed E-state index contributed by atoms with van der Waals surface area (Å²) in [5.41, 5.74) is 2.99. The maximum atomic E-state index is 13.0. The number of imidazole rings is 1. The minimum atomic E-state index is -0.489. The molecule has 0 saturated heterocycles. The Morgan fingerprint density at radius 2 is 1.62 bits per heavy atom. The molecule has 0 amide bonds. The number of nitro benzene ring substituents is 1. The Kier molecular flexibility index (Phi) is 5.85. The van der Waals surface area contributed by atoms with Crippen molar-refractivity contribution in [2.45, 2.75) is 13.1 Å². The van der Waals surface area contributed by atoms with Gasteiger partial charge in [-0.1, -0.05) is 30.3 Å². The first-order chi connectivity index (χ1) is 15.5. The fraction of sp³-hybridized carbons (Fsp3) is 0.167. The number of hydrogen-bond acceptors (Lipinski definition) is 5. The van der Waals surface area contributed by atoms with Crippen molar-refractivity contribution in [2.75, 3.05) is 14.2 Å². The number of carbonyl (C=O) groups excluding carboxylic acids is 1. The van der Waals surface area contributed by atoms with Crippen LogP contribution in [-0.2, 0) is 13.1 Å². The van der Waals surface area contributed by atoms with Gasteiger partial charge in [0.15, 0.2) is 18.0 Å². The molecule has 0 aliphatic heterocycles. The number of carbonyl (C=O) groups is 1. The number of nitro groups is 1. The monoisotopic (exact) mass is 432 g/mol. The van der Waals surface area contributed by atoms with Crippen molar-refractivity contribution in [3.05, 3.63) is 94.3 Å². The van der Waals surface area contributed by atoms with Gasteiger partial charge in [0.25, 0.3) is 5.69 Å². The molecule has 0 saturated carbocycles. The van der Waals surface area contributed by atoms with Crippen LogP contribution in [0.25, 0.3) is 11.0 Å². The number of non-ortho nitro benzene ring substituents is 1. The summed E-state index contributed by atoms with van der Waals surface area (Å²) in [5, 5.41) is 10.9. The summed E-state index contributed by atoms with van der Waals surface area (Å²) in [6.07, 6.45) is 1.87. The lowest BCUT2D eigenvalue weighted by Gasteiger charge is -2.06. The topological polar surface area (TPSA) is 87.5 Å². The summed E-state index contributed by atoms with van der Waals surface area (Å²) in [5.74, 6) is 1.11. The van der Waals surface area contributed by atoms with Crippen LogP contribution in [0.4, 0.5) is 5.69 Å². The van der Waals surface area contributed by atoms with Crippen LogP contribution in [0.3, 0.4) is 0 Å². The Labute approximate surface area is 184 Å². The third kappa shape index (κ3) is 4.02. The molecule has 0 radical (unpaired) electrons. The zero-order valence-corrected chi connectivity index (χ0v) is 17.7. The number of hydrogen-bond donors (Lipinski definition) is 0. The molecule has 162 valence electrons. The van der Waals surface area contributed by atoms with Gasteiger partial charge in [0.1, 0.15) is 6.54 Å². The van der Waals surface area contributed by atoms with Crippen LogP contribution in [-0.4, -0.2) is 29.5 Å². The molecule has 0 aliphatic carbocycles. The van der Waals surface area contributed by atoms with Gasteiger partial charge in [0, 0.05) is 17.7 Å². The number of rotatable bonds is 8. The zero-order valence-electron chi connectivity index (χ0n) is 17.7. The van der Waals surface area contributed by atoms with E-state index in [9.17, 15) is 14.9 Å². The third-order valence-electron chi connectivity index (χ3n) is 5.28. The highest BCUT2D eigenvalue weighted by atomic mass is 16.6. The fourth-order valence-corrected chi connectivity index (χ4v) is 3.75. The van der Waals surface area contributed by atoms with E-state index in [0.29, 0.717) is 23.6 Å². The Morgan fingerprint density at radius 1 is 0.969 bits per heavy atom. The normalized spacial score (nSPS) is 10.8. The molecule has 1 aromatic heterocycles. The molecule has 4 aromatic rings. The van der Waals surface area contributed by atoms with Crippen molar-refractivity contribution >= 4 is 22.5 Å². The smallest absolute Gasteiger partial charge is 0.269 e. The van der Waals surface area contributed by atoms with E-state index < -0.39 is 4.92 Å². The molecule has 1 heterocycles. The Morgan fingerprint density at radius 3 is 2.25 bits per heavy atom. The minimum Gasteiger partial charge on any atom is -0.492 e. The van der Waals surface area contributed by atoms with Gasteiger partial charge in [-0.25, -0.2) is 9.13 Å². The lowest BCUT2D eigenvalue weighted by molar-refractivity contribution is -0.663. The Hall–Kier alpha value is -4.20. The van der Waals surface area contributed by atoms with Crippen molar-refractivity contribution in [2.24, 2.45) is 0 Å². The number of ketones is 1. The van der Waals surface area contributed by atoms with E-state index in [4.69, 9.17) is 9.47 Å². The van der Waals surface area contributed by atoms with Gasteiger partial charge in [-0.15, -0.1) is 0 Å². The van der Waals surface area contributed by atoms with Crippen molar-refractivity contribution in [1.29, 1.82) is 0 Å². The molecule has 0 aliphatic rings. The molecule has 0 atom stereocenters. The number of nitrogens with zero attached hydrogens (tertiary/aromatic N) is 3. The predicted octanol–water partition coefficient (Wildman–Crippen LogP) is 3.79. The summed E-state index contributed by atoms with van der Waals surface area (Å²) in [7, 11) is 3.19. The molecule has 32 heavy (non-hydrogen) atoms. The molecular weight excluding hydrogens is 410 g/mol. The summed E-state index contributed by atoms with van der Waals surface area (Å²) in [6, 6.07) is 19.2. The van der Waals surface area contributed by atoms with Gasteiger partial charge in [0.2, 0.25) is 23.1 Å². The number of methoxy groups -OCH3 is 2. The predicted molar refractivity (Wildman–Crippen MR) is 118 cm³/mol.